The van der Waals surface area contributed by atoms with Gasteiger partial charge in [0.05, 0.1) is 12.0 Å². The quantitative estimate of drug-likeness (QED) is 0.835. The molecular weight excluding hydrogens is 252 g/mol. The van der Waals surface area contributed by atoms with Crippen molar-refractivity contribution < 1.29 is 15.0 Å². The van der Waals surface area contributed by atoms with E-state index < -0.39 is 18.0 Å². The first kappa shape index (κ1) is 15.0. The third-order valence-corrected chi connectivity index (χ3v) is 4.43. The highest BCUT2D eigenvalue weighted by molar-refractivity contribution is 5.70. The summed E-state index contributed by atoms with van der Waals surface area (Å²) in [5.74, 6) is -1.31. The molecule has 1 aliphatic rings. The van der Waals surface area contributed by atoms with Gasteiger partial charge in [-0.3, -0.25) is 4.79 Å². The maximum Gasteiger partial charge on any atom is 0.306 e. The van der Waals surface area contributed by atoms with Crippen molar-refractivity contribution in [3.8, 4) is 0 Å². The Bertz CT molecular complexity index is 438. The fourth-order valence-corrected chi connectivity index (χ4v) is 3.18. The minimum Gasteiger partial charge on any atom is -0.481 e. The van der Waals surface area contributed by atoms with Gasteiger partial charge in [-0.1, -0.05) is 44.0 Å². The number of benzene rings is 1. The number of hydrogen-bond acceptors (Lipinski definition) is 2. The molecule has 0 aliphatic heterocycles. The van der Waals surface area contributed by atoms with Crippen LogP contribution in [0.2, 0.25) is 0 Å². The molecule has 0 bridgehead atoms. The van der Waals surface area contributed by atoms with Gasteiger partial charge in [0.2, 0.25) is 0 Å². The van der Waals surface area contributed by atoms with Gasteiger partial charge in [-0.2, -0.15) is 0 Å². The number of aryl methyl sites for hydroxylation is 1. The lowest BCUT2D eigenvalue weighted by molar-refractivity contribution is -0.144. The molecule has 2 rings (SSSR count). The summed E-state index contributed by atoms with van der Waals surface area (Å²) in [4.78, 5) is 11.2. The molecule has 0 spiro atoms. The highest BCUT2D eigenvalue weighted by atomic mass is 16.4. The molecule has 1 aromatic carbocycles. The van der Waals surface area contributed by atoms with Crippen LogP contribution >= 0.6 is 0 Å². The number of aliphatic carboxylic acids is 1. The Hall–Kier alpha value is -1.35. The molecule has 20 heavy (non-hydrogen) atoms. The summed E-state index contributed by atoms with van der Waals surface area (Å²) in [6.07, 6.45) is 5.14. The standard InChI is InChI=1S/C17H24O3/c1-2-3-5-12-8-10-13(11-9-12)16(18)14-6-4-7-15(14)17(19)20/h8-11,14-16,18H,2-7H2,1H3,(H,19,20). The summed E-state index contributed by atoms with van der Waals surface area (Å²) in [7, 11) is 0. The molecule has 1 fully saturated rings. The number of carboxylic acid groups (broad SMARTS) is 1. The first-order chi connectivity index (χ1) is 9.63. The molecule has 0 amide bonds. The van der Waals surface area contributed by atoms with Gasteiger partial charge in [-0.25, -0.2) is 0 Å². The summed E-state index contributed by atoms with van der Waals surface area (Å²) >= 11 is 0. The van der Waals surface area contributed by atoms with Crippen LogP contribution < -0.4 is 0 Å². The Morgan fingerprint density at radius 2 is 2.00 bits per heavy atom. The van der Waals surface area contributed by atoms with Gasteiger partial charge in [0, 0.05) is 5.92 Å². The number of carboxylic acids is 1. The molecule has 1 aliphatic carbocycles. The number of aliphatic hydroxyl groups is 1. The van der Waals surface area contributed by atoms with E-state index >= 15 is 0 Å². The number of rotatable bonds is 6. The average molecular weight is 276 g/mol. The van der Waals surface area contributed by atoms with Crippen LogP contribution in [0.1, 0.15) is 56.3 Å². The van der Waals surface area contributed by atoms with Crippen molar-refractivity contribution in [1.29, 1.82) is 0 Å². The first-order valence-corrected chi connectivity index (χ1v) is 7.63. The van der Waals surface area contributed by atoms with Crippen LogP contribution in [-0.4, -0.2) is 16.2 Å². The lowest BCUT2D eigenvalue weighted by atomic mass is 9.86. The molecule has 0 heterocycles. The Balaban J connectivity index is 2.05. The number of hydrogen-bond donors (Lipinski definition) is 2. The predicted octanol–water partition coefficient (Wildman–Crippen LogP) is 3.56. The maximum atomic E-state index is 11.2. The zero-order chi connectivity index (χ0) is 14.5. The fourth-order valence-electron chi connectivity index (χ4n) is 3.18. The van der Waals surface area contributed by atoms with E-state index in [1.54, 1.807) is 0 Å². The molecular formula is C17H24O3. The number of aliphatic hydroxyl groups excluding tert-OH is 1. The van der Waals surface area contributed by atoms with Gasteiger partial charge >= 0.3 is 5.97 Å². The smallest absolute Gasteiger partial charge is 0.306 e. The molecule has 0 aromatic heterocycles. The summed E-state index contributed by atoms with van der Waals surface area (Å²) < 4.78 is 0. The Morgan fingerprint density at radius 3 is 2.60 bits per heavy atom. The molecule has 0 radical (unpaired) electrons. The van der Waals surface area contributed by atoms with E-state index in [0.717, 1.165) is 24.8 Å². The van der Waals surface area contributed by atoms with Crippen molar-refractivity contribution in [3.63, 3.8) is 0 Å². The predicted molar refractivity (Wildman–Crippen MR) is 78.5 cm³/mol. The average Bonchev–Trinajstić information content (AvgIpc) is 2.94. The zero-order valence-corrected chi connectivity index (χ0v) is 12.1. The molecule has 1 aromatic rings. The highest BCUT2D eigenvalue weighted by Crippen LogP contribution is 2.40. The van der Waals surface area contributed by atoms with E-state index in [1.807, 2.05) is 12.1 Å². The van der Waals surface area contributed by atoms with Crippen molar-refractivity contribution >= 4 is 5.97 Å². The van der Waals surface area contributed by atoms with Crippen molar-refractivity contribution in [3.05, 3.63) is 35.4 Å². The van der Waals surface area contributed by atoms with Crippen molar-refractivity contribution in [2.75, 3.05) is 0 Å². The van der Waals surface area contributed by atoms with Crippen LogP contribution in [0.3, 0.4) is 0 Å². The third-order valence-electron chi connectivity index (χ3n) is 4.43. The second kappa shape index (κ2) is 6.89. The summed E-state index contributed by atoms with van der Waals surface area (Å²) in [6, 6.07) is 8.01. The molecule has 110 valence electrons. The van der Waals surface area contributed by atoms with E-state index in [2.05, 4.69) is 19.1 Å². The van der Waals surface area contributed by atoms with Crippen molar-refractivity contribution in [2.24, 2.45) is 11.8 Å². The zero-order valence-electron chi connectivity index (χ0n) is 12.1. The summed E-state index contributed by atoms with van der Waals surface area (Å²) in [6.45, 7) is 2.17. The van der Waals surface area contributed by atoms with Crippen LogP contribution in [0.25, 0.3) is 0 Å². The van der Waals surface area contributed by atoms with Gasteiger partial charge in [0.1, 0.15) is 0 Å². The van der Waals surface area contributed by atoms with Crippen LogP contribution in [0.15, 0.2) is 24.3 Å². The third kappa shape index (κ3) is 3.40. The molecule has 3 nitrogen and oxygen atoms in total. The van der Waals surface area contributed by atoms with Gasteiger partial charge < -0.3 is 10.2 Å². The van der Waals surface area contributed by atoms with Crippen molar-refractivity contribution in [2.45, 2.75) is 51.6 Å². The molecule has 2 N–H and O–H groups in total. The molecule has 1 saturated carbocycles. The summed E-state index contributed by atoms with van der Waals surface area (Å²) in [5.41, 5.74) is 2.13. The van der Waals surface area contributed by atoms with Crippen molar-refractivity contribution in [1.82, 2.24) is 0 Å². The van der Waals surface area contributed by atoms with E-state index in [0.29, 0.717) is 6.42 Å². The Labute approximate surface area is 120 Å². The van der Waals surface area contributed by atoms with E-state index in [4.69, 9.17) is 0 Å². The minimum absolute atomic E-state index is 0.144. The van der Waals surface area contributed by atoms with E-state index in [9.17, 15) is 15.0 Å². The largest absolute Gasteiger partial charge is 0.481 e. The second-order valence-corrected chi connectivity index (χ2v) is 5.83. The second-order valence-electron chi connectivity index (χ2n) is 5.83. The molecule has 0 saturated heterocycles. The molecule has 3 unspecified atom stereocenters. The monoisotopic (exact) mass is 276 g/mol. The maximum absolute atomic E-state index is 11.2. The van der Waals surface area contributed by atoms with Crippen LogP contribution in [0.4, 0.5) is 0 Å². The highest BCUT2D eigenvalue weighted by Gasteiger charge is 2.37. The fraction of sp³-hybridized carbons (Fsp3) is 0.588. The van der Waals surface area contributed by atoms with Gasteiger partial charge in [0.25, 0.3) is 0 Å². The lowest BCUT2D eigenvalue weighted by Gasteiger charge is -2.22. The van der Waals surface area contributed by atoms with Crippen LogP contribution in [0, 0.1) is 11.8 Å². The summed E-state index contributed by atoms with van der Waals surface area (Å²) in [5, 5.41) is 19.7. The Kier molecular flexibility index (Phi) is 5.18. The normalized spacial score (nSPS) is 23.7. The minimum atomic E-state index is -0.772. The van der Waals surface area contributed by atoms with Gasteiger partial charge in [-0.15, -0.1) is 0 Å². The number of carbonyl (C=O) groups is 1. The van der Waals surface area contributed by atoms with Crippen LogP contribution in [0.5, 0.6) is 0 Å². The molecule has 3 atom stereocenters. The van der Waals surface area contributed by atoms with E-state index in [-0.39, 0.29) is 5.92 Å². The topological polar surface area (TPSA) is 57.5 Å². The van der Waals surface area contributed by atoms with Gasteiger partial charge in [0.15, 0.2) is 0 Å². The lowest BCUT2D eigenvalue weighted by Crippen LogP contribution is -2.23. The SMILES string of the molecule is CCCCc1ccc(C(O)C2CCCC2C(=O)O)cc1. The van der Waals surface area contributed by atoms with Crippen LogP contribution in [-0.2, 0) is 11.2 Å². The van der Waals surface area contributed by atoms with E-state index in [1.165, 1.54) is 18.4 Å². The number of unbranched alkanes of at least 4 members (excludes halogenated alkanes) is 1. The molecule has 3 heteroatoms. The van der Waals surface area contributed by atoms with Gasteiger partial charge in [-0.05, 0) is 36.8 Å². The first-order valence-electron chi connectivity index (χ1n) is 7.63. The Morgan fingerprint density at radius 1 is 1.30 bits per heavy atom.